The van der Waals surface area contributed by atoms with Crippen LogP contribution in [0.15, 0.2) is 224 Å². The summed E-state index contributed by atoms with van der Waals surface area (Å²) in [5, 5.41) is 2.51. The number of anilines is 3. The van der Waals surface area contributed by atoms with Gasteiger partial charge in [0.1, 0.15) is 11.9 Å². The van der Waals surface area contributed by atoms with Crippen molar-refractivity contribution in [2.24, 2.45) is 0 Å². The first-order valence-electron chi connectivity index (χ1n) is 21.1. The third kappa shape index (κ3) is 5.89. The molecule has 2 aliphatic rings. The van der Waals surface area contributed by atoms with Crippen LogP contribution in [0.25, 0.3) is 66.9 Å². The lowest BCUT2D eigenvalue weighted by molar-refractivity contribution is 0.223. The molecule has 0 N–H and O–H groups in total. The molecule has 0 radical (unpaired) electrons. The molecule has 0 saturated heterocycles. The first-order chi connectivity index (χ1) is 30.3. The van der Waals surface area contributed by atoms with Gasteiger partial charge in [0.05, 0.1) is 16.7 Å². The zero-order chi connectivity index (χ0) is 40.3. The highest BCUT2D eigenvalue weighted by atomic mass is 16.5. The summed E-state index contributed by atoms with van der Waals surface area (Å²) < 4.78 is 9.18. The van der Waals surface area contributed by atoms with Gasteiger partial charge in [0.2, 0.25) is 0 Å². The normalized spacial score (nSPS) is 15.0. The van der Waals surface area contributed by atoms with E-state index in [-0.39, 0.29) is 12.0 Å². The molecular formula is C58H40N2O. The zero-order valence-corrected chi connectivity index (χ0v) is 33.4. The maximum absolute atomic E-state index is 6.80. The predicted octanol–water partition coefficient (Wildman–Crippen LogP) is 15.5. The van der Waals surface area contributed by atoms with Gasteiger partial charge in [-0.15, -0.1) is 0 Å². The van der Waals surface area contributed by atoms with E-state index in [1.807, 2.05) is 0 Å². The van der Waals surface area contributed by atoms with Gasteiger partial charge in [0, 0.05) is 50.4 Å². The first kappa shape index (κ1) is 35.1. The Kier molecular flexibility index (Phi) is 8.31. The Morgan fingerprint density at radius 2 is 0.967 bits per heavy atom. The van der Waals surface area contributed by atoms with E-state index in [9.17, 15) is 0 Å². The number of aromatic nitrogens is 1. The van der Waals surface area contributed by atoms with E-state index in [4.69, 9.17) is 4.74 Å². The molecule has 288 valence electrons. The molecule has 3 nitrogen and oxygen atoms in total. The van der Waals surface area contributed by atoms with Crippen molar-refractivity contribution >= 4 is 44.9 Å². The Morgan fingerprint density at radius 3 is 1.67 bits per heavy atom. The number of ether oxygens (including phenoxy) is 1. The number of nitrogens with zero attached hydrogens (tertiary/aromatic N) is 2. The smallest absolute Gasteiger partial charge is 0.135 e. The van der Waals surface area contributed by atoms with Gasteiger partial charge in [-0.1, -0.05) is 170 Å². The third-order valence-electron chi connectivity index (χ3n) is 12.6. The summed E-state index contributed by atoms with van der Waals surface area (Å²) in [7, 11) is 0. The van der Waals surface area contributed by atoms with Crippen molar-refractivity contribution in [1.29, 1.82) is 0 Å². The summed E-state index contributed by atoms with van der Waals surface area (Å²) in [5.41, 5.74) is 17.6. The summed E-state index contributed by atoms with van der Waals surface area (Å²) >= 11 is 0. The van der Waals surface area contributed by atoms with Crippen LogP contribution in [0.4, 0.5) is 17.1 Å². The van der Waals surface area contributed by atoms with Gasteiger partial charge in [0.25, 0.3) is 0 Å². The lowest BCUT2D eigenvalue weighted by Crippen LogP contribution is -2.13. The molecule has 0 fully saturated rings. The predicted molar refractivity (Wildman–Crippen MR) is 253 cm³/mol. The highest BCUT2D eigenvalue weighted by Crippen LogP contribution is 2.55. The summed E-state index contributed by atoms with van der Waals surface area (Å²) in [5.74, 6) is 1.06. The van der Waals surface area contributed by atoms with E-state index in [1.165, 1.54) is 66.3 Å². The van der Waals surface area contributed by atoms with Gasteiger partial charge in [-0.3, -0.25) is 0 Å². The number of rotatable bonds is 7. The minimum absolute atomic E-state index is 0.0525. The van der Waals surface area contributed by atoms with Crippen LogP contribution in [-0.4, -0.2) is 4.57 Å². The molecule has 12 rings (SSSR count). The molecule has 1 aliphatic carbocycles. The molecule has 0 spiro atoms. The topological polar surface area (TPSA) is 17.4 Å². The van der Waals surface area contributed by atoms with Crippen molar-refractivity contribution in [2.45, 2.75) is 12.0 Å². The van der Waals surface area contributed by atoms with Gasteiger partial charge >= 0.3 is 0 Å². The van der Waals surface area contributed by atoms with Crippen LogP contribution in [0.5, 0.6) is 5.75 Å². The van der Waals surface area contributed by atoms with Crippen molar-refractivity contribution in [2.75, 3.05) is 4.90 Å². The monoisotopic (exact) mass is 780 g/mol. The highest BCUT2D eigenvalue weighted by Gasteiger charge is 2.39. The molecule has 2 unspecified atom stereocenters. The standard InChI is InChI=1S/C58H40N2O/c1-2-13-39(14-3-1)40-25-27-41(28-26-40)42-29-32-44(33-30-42)59(45-34-36-46(37-35-45)60-54-22-10-6-17-48(54)49-18-7-11-23-55(49)60)53-21-9-8-19-50(53)51-20-12-24-56-57(51)52-38-31-43-15-4-5-16-47(43)58(52)61-56/h1-38,52,58H. The Bertz CT molecular complexity index is 3220. The fourth-order valence-electron chi connectivity index (χ4n) is 9.73. The average Bonchev–Trinajstić information content (AvgIpc) is 3.89. The molecule has 2 heterocycles. The second-order valence-corrected chi connectivity index (χ2v) is 16.0. The van der Waals surface area contributed by atoms with Crippen molar-refractivity contribution in [3.63, 3.8) is 0 Å². The van der Waals surface area contributed by atoms with E-state index in [0.29, 0.717) is 0 Å². The van der Waals surface area contributed by atoms with Crippen LogP contribution in [0, 0.1) is 0 Å². The number of hydrogen-bond acceptors (Lipinski definition) is 2. The average molecular weight is 781 g/mol. The summed E-state index contributed by atoms with van der Waals surface area (Å²) in [6, 6.07) is 78.8. The number of hydrogen-bond donors (Lipinski definition) is 0. The Balaban J connectivity index is 0.981. The zero-order valence-electron chi connectivity index (χ0n) is 33.4. The quantitative estimate of drug-likeness (QED) is 0.160. The molecule has 0 amide bonds. The van der Waals surface area contributed by atoms with E-state index >= 15 is 0 Å². The van der Waals surface area contributed by atoms with Crippen LogP contribution >= 0.6 is 0 Å². The third-order valence-corrected chi connectivity index (χ3v) is 12.6. The Hall–Kier alpha value is -7.88. The summed E-state index contributed by atoms with van der Waals surface area (Å²) in [6.45, 7) is 0. The fourth-order valence-corrected chi connectivity index (χ4v) is 9.73. The number of para-hydroxylation sites is 3. The van der Waals surface area contributed by atoms with E-state index in [0.717, 1.165) is 34.1 Å². The van der Waals surface area contributed by atoms with Gasteiger partial charge in [-0.25, -0.2) is 0 Å². The van der Waals surface area contributed by atoms with Crippen molar-refractivity contribution in [3.05, 3.63) is 241 Å². The van der Waals surface area contributed by atoms with Gasteiger partial charge in [-0.2, -0.15) is 0 Å². The summed E-state index contributed by atoms with van der Waals surface area (Å²) in [4.78, 5) is 2.41. The second-order valence-electron chi connectivity index (χ2n) is 16.0. The minimum Gasteiger partial charge on any atom is -0.484 e. The van der Waals surface area contributed by atoms with Gasteiger partial charge < -0.3 is 14.2 Å². The van der Waals surface area contributed by atoms with E-state index in [1.54, 1.807) is 0 Å². The number of fused-ring (bicyclic) bond motifs is 8. The molecule has 1 aliphatic heterocycles. The molecule has 1 aromatic heterocycles. The van der Waals surface area contributed by atoms with Crippen molar-refractivity contribution in [1.82, 2.24) is 4.57 Å². The molecular weight excluding hydrogens is 741 g/mol. The minimum atomic E-state index is -0.0525. The van der Waals surface area contributed by atoms with Crippen LogP contribution in [0.2, 0.25) is 0 Å². The van der Waals surface area contributed by atoms with Crippen LogP contribution in [0.3, 0.4) is 0 Å². The van der Waals surface area contributed by atoms with Crippen molar-refractivity contribution in [3.8, 4) is 44.8 Å². The Labute approximate surface area is 355 Å². The molecule has 61 heavy (non-hydrogen) atoms. The van der Waals surface area contributed by atoms with Crippen LogP contribution in [0.1, 0.15) is 28.7 Å². The first-order valence-corrected chi connectivity index (χ1v) is 21.1. The second kappa shape index (κ2) is 14.4. The molecule has 0 bridgehead atoms. The molecule has 3 heteroatoms. The SMILES string of the molecule is C1=CC2c3c(cccc3-c3ccccc3N(c3ccc(-c4ccc(-c5ccccc5)cc4)cc3)c3ccc(-n4c5ccccc5c5ccccc54)cc3)OC2c2ccccc21. The highest BCUT2D eigenvalue weighted by molar-refractivity contribution is 6.09. The van der Waals surface area contributed by atoms with Crippen LogP contribution in [-0.2, 0) is 0 Å². The molecule has 2 atom stereocenters. The molecule has 10 aromatic rings. The number of benzene rings is 9. The van der Waals surface area contributed by atoms with E-state index in [2.05, 4.69) is 240 Å². The Morgan fingerprint density at radius 1 is 0.426 bits per heavy atom. The summed E-state index contributed by atoms with van der Waals surface area (Å²) in [6.07, 6.45) is 4.55. The van der Waals surface area contributed by atoms with Gasteiger partial charge in [0.15, 0.2) is 0 Å². The van der Waals surface area contributed by atoms with E-state index < -0.39 is 0 Å². The molecule has 0 saturated carbocycles. The molecule has 9 aromatic carbocycles. The largest absolute Gasteiger partial charge is 0.484 e. The maximum Gasteiger partial charge on any atom is 0.135 e. The lowest BCUT2D eigenvalue weighted by atomic mass is 9.81. The van der Waals surface area contributed by atoms with Crippen LogP contribution < -0.4 is 9.64 Å². The fraction of sp³-hybridized carbons (Fsp3) is 0.0345. The maximum atomic E-state index is 6.80. The lowest BCUT2D eigenvalue weighted by Gasteiger charge is -2.29. The van der Waals surface area contributed by atoms with Gasteiger partial charge in [-0.05, 0) is 94.0 Å². The van der Waals surface area contributed by atoms with Crippen molar-refractivity contribution < 1.29 is 4.74 Å².